The van der Waals surface area contributed by atoms with Crippen molar-refractivity contribution in [2.75, 3.05) is 13.2 Å². The molecule has 2 rings (SSSR count). The Kier molecular flexibility index (Phi) is 4.82. The number of hydrogen-bond donors (Lipinski definition) is 1. The van der Waals surface area contributed by atoms with Crippen molar-refractivity contribution in [3.05, 3.63) is 24.1 Å². The normalized spacial score (nSPS) is 25.3. The standard InChI is InChI=1S/C17H25FN2O3/c1-16(2,3)17(4)8-7-12(10-20(17)15(21)22)11-23-14-6-5-13(18)9-19-14/h5-6,9,12H,7-8,10-11H2,1-4H3,(H,21,22)/t12?,17-/m1/s1. The summed E-state index contributed by atoms with van der Waals surface area (Å²) in [6.45, 7) is 9.04. The number of aromatic nitrogens is 1. The fraction of sp³-hybridized carbons (Fsp3) is 0.647. The first-order valence-electron chi connectivity index (χ1n) is 7.88. The first-order valence-corrected chi connectivity index (χ1v) is 7.88. The lowest BCUT2D eigenvalue weighted by molar-refractivity contribution is -0.0350. The van der Waals surface area contributed by atoms with Crippen LogP contribution >= 0.6 is 0 Å². The van der Waals surface area contributed by atoms with E-state index < -0.39 is 17.4 Å². The summed E-state index contributed by atoms with van der Waals surface area (Å²) in [6, 6.07) is 2.77. The highest BCUT2D eigenvalue weighted by Crippen LogP contribution is 2.43. The molecule has 2 heterocycles. The van der Waals surface area contributed by atoms with Crippen LogP contribution in [0.25, 0.3) is 0 Å². The Bertz CT molecular complexity index is 556. The minimum absolute atomic E-state index is 0.105. The molecule has 2 atom stereocenters. The lowest BCUT2D eigenvalue weighted by atomic mass is 9.68. The van der Waals surface area contributed by atoms with Gasteiger partial charge in [0.05, 0.1) is 12.8 Å². The molecule has 23 heavy (non-hydrogen) atoms. The maximum atomic E-state index is 12.8. The van der Waals surface area contributed by atoms with Crippen LogP contribution < -0.4 is 4.74 Å². The summed E-state index contributed by atoms with van der Waals surface area (Å²) in [6.07, 6.45) is 1.88. The summed E-state index contributed by atoms with van der Waals surface area (Å²) in [5, 5.41) is 9.60. The minimum Gasteiger partial charge on any atom is -0.477 e. The molecule has 1 aromatic rings. The molecule has 0 aliphatic carbocycles. The number of pyridine rings is 1. The molecule has 1 unspecified atom stereocenters. The van der Waals surface area contributed by atoms with Crippen LogP contribution in [0.5, 0.6) is 5.88 Å². The molecule has 1 N–H and O–H groups in total. The number of piperidine rings is 1. The van der Waals surface area contributed by atoms with Gasteiger partial charge in [-0.2, -0.15) is 0 Å². The van der Waals surface area contributed by atoms with Crippen molar-refractivity contribution < 1.29 is 19.0 Å². The van der Waals surface area contributed by atoms with Gasteiger partial charge in [0.25, 0.3) is 0 Å². The lowest BCUT2D eigenvalue weighted by Crippen LogP contribution is -2.61. The van der Waals surface area contributed by atoms with Crippen LogP contribution in [0.1, 0.15) is 40.5 Å². The fourth-order valence-corrected chi connectivity index (χ4v) is 3.03. The van der Waals surface area contributed by atoms with Gasteiger partial charge in [0.2, 0.25) is 5.88 Å². The van der Waals surface area contributed by atoms with Crippen molar-refractivity contribution in [2.24, 2.45) is 11.3 Å². The Morgan fingerprint density at radius 3 is 2.74 bits per heavy atom. The number of rotatable bonds is 3. The molecule has 1 aromatic heterocycles. The van der Waals surface area contributed by atoms with Crippen molar-refractivity contribution in [2.45, 2.75) is 46.1 Å². The van der Waals surface area contributed by atoms with Crippen LogP contribution in [0.4, 0.5) is 9.18 Å². The molecular weight excluding hydrogens is 299 g/mol. The van der Waals surface area contributed by atoms with Crippen LogP contribution in [0.3, 0.4) is 0 Å². The van der Waals surface area contributed by atoms with Crippen LogP contribution in [0.15, 0.2) is 18.3 Å². The molecular formula is C17H25FN2O3. The molecule has 0 saturated carbocycles. The van der Waals surface area contributed by atoms with Gasteiger partial charge in [-0.05, 0) is 31.2 Å². The molecule has 1 saturated heterocycles. The largest absolute Gasteiger partial charge is 0.477 e. The molecule has 6 heteroatoms. The zero-order valence-corrected chi connectivity index (χ0v) is 14.2. The van der Waals surface area contributed by atoms with Gasteiger partial charge < -0.3 is 14.7 Å². The minimum atomic E-state index is -0.896. The molecule has 1 fully saturated rings. The molecule has 0 radical (unpaired) electrons. The molecule has 1 amide bonds. The number of halogens is 1. The number of nitrogens with zero attached hydrogens (tertiary/aromatic N) is 2. The van der Waals surface area contributed by atoms with Crippen LogP contribution in [-0.2, 0) is 0 Å². The Balaban J connectivity index is 2.02. The predicted octanol–water partition coefficient (Wildman–Crippen LogP) is 3.79. The first kappa shape index (κ1) is 17.5. The number of carbonyl (C=O) groups is 1. The maximum absolute atomic E-state index is 12.8. The summed E-state index contributed by atoms with van der Waals surface area (Å²) < 4.78 is 18.4. The summed E-state index contributed by atoms with van der Waals surface area (Å²) in [5.41, 5.74) is -0.542. The highest BCUT2D eigenvalue weighted by atomic mass is 19.1. The third-order valence-electron chi connectivity index (χ3n) is 5.09. The van der Waals surface area contributed by atoms with Crippen molar-refractivity contribution in [3.63, 3.8) is 0 Å². The predicted molar refractivity (Wildman–Crippen MR) is 85.0 cm³/mol. The Morgan fingerprint density at radius 1 is 1.52 bits per heavy atom. The Morgan fingerprint density at radius 2 is 2.22 bits per heavy atom. The van der Waals surface area contributed by atoms with E-state index in [4.69, 9.17) is 4.74 Å². The number of amides is 1. The van der Waals surface area contributed by atoms with Gasteiger partial charge in [-0.25, -0.2) is 14.2 Å². The molecule has 0 spiro atoms. The van der Waals surface area contributed by atoms with Gasteiger partial charge in [0.1, 0.15) is 5.82 Å². The molecule has 0 bridgehead atoms. The maximum Gasteiger partial charge on any atom is 0.407 e. The zero-order valence-electron chi connectivity index (χ0n) is 14.2. The van der Waals surface area contributed by atoms with Gasteiger partial charge in [-0.15, -0.1) is 0 Å². The number of carboxylic acid groups (broad SMARTS) is 1. The summed E-state index contributed by atoms with van der Waals surface area (Å²) >= 11 is 0. The van der Waals surface area contributed by atoms with E-state index in [1.54, 1.807) is 4.90 Å². The van der Waals surface area contributed by atoms with E-state index >= 15 is 0 Å². The lowest BCUT2D eigenvalue weighted by Gasteiger charge is -2.53. The quantitative estimate of drug-likeness (QED) is 0.919. The van der Waals surface area contributed by atoms with Crippen molar-refractivity contribution >= 4 is 6.09 Å². The average molecular weight is 324 g/mol. The molecule has 1 aliphatic rings. The Labute approximate surface area is 136 Å². The van der Waals surface area contributed by atoms with E-state index in [0.717, 1.165) is 19.0 Å². The van der Waals surface area contributed by atoms with E-state index in [1.807, 2.05) is 6.92 Å². The highest BCUT2D eigenvalue weighted by molar-refractivity contribution is 5.66. The highest BCUT2D eigenvalue weighted by Gasteiger charge is 2.48. The van der Waals surface area contributed by atoms with Crippen molar-refractivity contribution in [1.29, 1.82) is 0 Å². The van der Waals surface area contributed by atoms with Crippen LogP contribution in [0.2, 0.25) is 0 Å². The SMILES string of the molecule is CC(C)(C)[C@@]1(C)CCC(COc2ccc(F)cn2)CN1C(=O)O. The molecule has 128 valence electrons. The second-order valence-electron chi connectivity index (χ2n) is 7.45. The summed E-state index contributed by atoms with van der Waals surface area (Å²) in [5.74, 6) is 0.0545. The van der Waals surface area contributed by atoms with Gasteiger partial charge in [-0.3, -0.25) is 0 Å². The zero-order chi connectivity index (χ0) is 17.3. The van der Waals surface area contributed by atoms with Crippen LogP contribution in [0, 0.1) is 17.2 Å². The average Bonchev–Trinajstić information content (AvgIpc) is 2.46. The van der Waals surface area contributed by atoms with E-state index in [2.05, 4.69) is 25.8 Å². The summed E-state index contributed by atoms with van der Waals surface area (Å²) in [7, 11) is 0. The van der Waals surface area contributed by atoms with E-state index in [1.165, 1.54) is 12.1 Å². The molecule has 1 aliphatic heterocycles. The van der Waals surface area contributed by atoms with Gasteiger partial charge in [-0.1, -0.05) is 20.8 Å². The van der Waals surface area contributed by atoms with E-state index in [0.29, 0.717) is 19.0 Å². The third-order valence-corrected chi connectivity index (χ3v) is 5.09. The van der Waals surface area contributed by atoms with Crippen molar-refractivity contribution in [1.82, 2.24) is 9.88 Å². The van der Waals surface area contributed by atoms with Crippen molar-refractivity contribution in [3.8, 4) is 5.88 Å². The first-order chi connectivity index (χ1) is 10.6. The smallest absolute Gasteiger partial charge is 0.407 e. The monoisotopic (exact) mass is 324 g/mol. The Hall–Kier alpha value is -1.85. The fourth-order valence-electron chi connectivity index (χ4n) is 3.03. The second-order valence-corrected chi connectivity index (χ2v) is 7.45. The number of likely N-dealkylation sites (tertiary alicyclic amines) is 1. The van der Waals surface area contributed by atoms with Gasteiger partial charge >= 0.3 is 6.09 Å². The summed E-state index contributed by atoms with van der Waals surface area (Å²) in [4.78, 5) is 17.1. The topological polar surface area (TPSA) is 62.7 Å². The molecule has 0 aromatic carbocycles. The third kappa shape index (κ3) is 3.74. The van der Waals surface area contributed by atoms with E-state index in [9.17, 15) is 14.3 Å². The van der Waals surface area contributed by atoms with Gasteiger partial charge in [0, 0.05) is 24.1 Å². The number of hydrogen-bond acceptors (Lipinski definition) is 3. The van der Waals surface area contributed by atoms with Gasteiger partial charge in [0.15, 0.2) is 0 Å². The molecule has 5 nitrogen and oxygen atoms in total. The van der Waals surface area contributed by atoms with Crippen LogP contribution in [-0.4, -0.2) is 39.8 Å². The van der Waals surface area contributed by atoms with E-state index in [-0.39, 0.29) is 11.3 Å². The number of ether oxygens (including phenoxy) is 1. The second kappa shape index (κ2) is 6.34.